The van der Waals surface area contributed by atoms with Gasteiger partial charge in [-0.1, -0.05) is 18.2 Å². The van der Waals surface area contributed by atoms with Gasteiger partial charge in [0.2, 0.25) is 0 Å². The summed E-state index contributed by atoms with van der Waals surface area (Å²) in [5.41, 5.74) is 0.966. The lowest BCUT2D eigenvalue weighted by molar-refractivity contribution is 0.00776. The molecule has 1 N–H and O–H groups in total. The lowest BCUT2D eigenvalue weighted by Gasteiger charge is -2.51. The number of methoxy groups -OCH3 is 1. The van der Waals surface area contributed by atoms with Crippen LogP contribution < -0.4 is 10.1 Å². The summed E-state index contributed by atoms with van der Waals surface area (Å²) in [6, 6.07) is 8.72. The molecule has 2 aromatic carbocycles. The number of halogens is 3. The maximum atomic E-state index is 14.5. The average molecular weight is 376 g/mol. The Balaban J connectivity index is 1.64. The summed E-state index contributed by atoms with van der Waals surface area (Å²) in [5, 5.41) is 3.51. The number of hydrogen-bond donors (Lipinski definition) is 1. The molecule has 27 heavy (non-hydrogen) atoms. The Labute approximate surface area is 157 Å². The van der Waals surface area contributed by atoms with Crippen molar-refractivity contribution in [2.45, 2.75) is 31.5 Å². The maximum absolute atomic E-state index is 14.5. The van der Waals surface area contributed by atoms with Crippen molar-refractivity contribution in [1.82, 2.24) is 10.2 Å². The van der Waals surface area contributed by atoms with Crippen LogP contribution in [0.3, 0.4) is 0 Å². The van der Waals surface area contributed by atoms with Gasteiger partial charge in [0.1, 0.15) is 23.2 Å². The Morgan fingerprint density at radius 3 is 2.41 bits per heavy atom. The second-order valence-corrected chi connectivity index (χ2v) is 7.32. The van der Waals surface area contributed by atoms with Crippen molar-refractivity contribution in [3.8, 4) is 5.75 Å². The molecule has 0 aromatic heterocycles. The second kappa shape index (κ2) is 7.52. The Hall–Kier alpha value is -2.05. The van der Waals surface area contributed by atoms with Crippen molar-refractivity contribution in [1.29, 1.82) is 0 Å². The van der Waals surface area contributed by atoms with Crippen LogP contribution in [-0.4, -0.2) is 31.1 Å². The standard InChI is InChI=1S/C21H23F3N2O/c1-27-18-5-3-2-4-14(18)12-25-20-13-6-8-26(9-7-13)21(20)19-16(23)10-15(22)11-17(19)24/h2-5,10-11,13,20-21,25H,6-9,12H2,1H3. The van der Waals surface area contributed by atoms with E-state index in [0.29, 0.717) is 12.5 Å². The Bertz CT molecular complexity index is 798. The van der Waals surface area contributed by atoms with E-state index in [0.717, 1.165) is 49.4 Å². The maximum Gasteiger partial charge on any atom is 0.133 e. The summed E-state index contributed by atoms with van der Waals surface area (Å²) in [6.07, 6.45) is 1.98. The van der Waals surface area contributed by atoms with E-state index in [-0.39, 0.29) is 11.6 Å². The first kappa shape index (κ1) is 18.3. The SMILES string of the molecule is COc1ccccc1CNC1C2CCN(CC2)C1c1c(F)cc(F)cc1F. The van der Waals surface area contributed by atoms with E-state index in [1.54, 1.807) is 7.11 Å². The number of ether oxygens (including phenoxy) is 1. The minimum atomic E-state index is -0.886. The number of para-hydroxylation sites is 1. The first-order valence-electron chi connectivity index (χ1n) is 9.32. The lowest BCUT2D eigenvalue weighted by Crippen LogP contribution is -2.58. The molecule has 0 amide bonds. The molecule has 0 radical (unpaired) electrons. The number of nitrogens with zero attached hydrogens (tertiary/aromatic N) is 1. The Morgan fingerprint density at radius 2 is 1.74 bits per heavy atom. The molecule has 5 rings (SSSR count). The molecule has 3 aliphatic rings. The van der Waals surface area contributed by atoms with Crippen LogP contribution in [0.15, 0.2) is 36.4 Å². The third-order valence-corrected chi connectivity index (χ3v) is 5.88. The van der Waals surface area contributed by atoms with Crippen molar-refractivity contribution < 1.29 is 17.9 Å². The Morgan fingerprint density at radius 1 is 1.07 bits per heavy atom. The molecule has 0 saturated carbocycles. The summed E-state index contributed by atoms with van der Waals surface area (Å²) < 4.78 is 47.8. The molecule has 0 spiro atoms. The van der Waals surface area contributed by atoms with Crippen molar-refractivity contribution in [3.63, 3.8) is 0 Å². The molecule has 6 heteroatoms. The summed E-state index contributed by atoms with van der Waals surface area (Å²) in [7, 11) is 1.62. The van der Waals surface area contributed by atoms with Crippen LogP contribution in [0, 0.1) is 23.4 Å². The molecule has 2 aromatic rings. The van der Waals surface area contributed by atoms with E-state index >= 15 is 0 Å². The third-order valence-electron chi connectivity index (χ3n) is 5.88. The summed E-state index contributed by atoms with van der Waals surface area (Å²) in [6.45, 7) is 2.15. The number of nitrogens with one attached hydrogen (secondary N) is 1. The highest BCUT2D eigenvalue weighted by Crippen LogP contribution is 2.42. The number of rotatable bonds is 5. The predicted molar refractivity (Wildman–Crippen MR) is 97.0 cm³/mol. The summed E-state index contributed by atoms with van der Waals surface area (Å²) in [5.74, 6) is -1.40. The van der Waals surface area contributed by atoms with Gasteiger partial charge in [-0.2, -0.15) is 0 Å². The molecule has 2 bridgehead atoms. The monoisotopic (exact) mass is 376 g/mol. The van der Waals surface area contributed by atoms with Crippen molar-refractivity contribution >= 4 is 0 Å². The molecular formula is C21H23F3N2O. The van der Waals surface area contributed by atoms with Crippen LogP contribution in [0.25, 0.3) is 0 Å². The van der Waals surface area contributed by atoms with Crippen LogP contribution in [-0.2, 0) is 6.54 Å². The number of hydrogen-bond acceptors (Lipinski definition) is 3. The molecule has 2 unspecified atom stereocenters. The van der Waals surface area contributed by atoms with Crippen molar-refractivity contribution in [2.24, 2.45) is 5.92 Å². The summed E-state index contributed by atoms with van der Waals surface area (Å²) in [4.78, 5) is 2.11. The van der Waals surface area contributed by atoms with E-state index < -0.39 is 23.5 Å². The van der Waals surface area contributed by atoms with Gasteiger partial charge >= 0.3 is 0 Å². The fourth-order valence-corrected chi connectivity index (χ4v) is 4.59. The van der Waals surface area contributed by atoms with E-state index in [1.807, 2.05) is 24.3 Å². The molecule has 2 atom stereocenters. The van der Waals surface area contributed by atoms with Gasteiger partial charge in [-0.25, -0.2) is 13.2 Å². The van der Waals surface area contributed by atoms with Gasteiger partial charge in [0.05, 0.1) is 13.2 Å². The van der Waals surface area contributed by atoms with Gasteiger partial charge in [0.15, 0.2) is 0 Å². The molecular weight excluding hydrogens is 353 g/mol. The van der Waals surface area contributed by atoms with Crippen LogP contribution in [0.2, 0.25) is 0 Å². The van der Waals surface area contributed by atoms with E-state index in [2.05, 4.69) is 10.2 Å². The zero-order valence-electron chi connectivity index (χ0n) is 15.2. The van der Waals surface area contributed by atoms with Gasteiger partial charge in [-0.3, -0.25) is 4.90 Å². The minimum Gasteiger partial charge on any atom is -0.496 e. The third kappa shape index (κ3) is 3.44. The second-order valence-electron chi connectivity index (χ2n) is 7.32. The van der Waals surface area contributed by atoms with Crippen molar-refractivity contribution in [3.05, 3.63) is 65.0 Å². The largest absolute Gasteiger partial charge is 0.496 e. The first-order chi connectivity index (χ1) is 13.1. The topological polar surface area (TPSA) is 24.5 Å². The minimum absolute atomic E-state index is 0.0293. The molecule has 3 fully saturated rings. The first-order valence-corrected chi connectivity index (χ1v) is 9.32. The lowest BCUT2D eigenvalue weighted by atomic mass is 9.76. The molecule has 3 nitrogen and oxygen atoms in total. The zero-order chi connectivity index (χ0) is 19.0. The molecule has 144 valence electrons. The van der Waals surface area contributed by atoms with Crippen molar-refractivity contribution in [2.75, 3.05) is 20.2 Å². The zero-order valence-corrected chi connectivity index (χ0v) is 15.2. The number of benzene rings is 2. The normalized spacial score (nSPS) is 27.0. The highest BCUT2D eigenvalue weighted by molar-refractivity contribution is 5.33. The molecule has 0 aliphatic carbocycles. The van der Waals surface area contributed by atoms with Crippen LogP contribution in [0.5, 0.6) is 5.75 Å². The quantitative estimate of drug-likeness (QED) is 0.853. The fraction of sp³-hybridized carbons (Fsp3) is 0.429. The Kier molecular flexibility index (Phi) is 5.10. The highest BCUT2D eigenvalue weighted by atomic mass is 19.1. The van der Waals surface area contributed by atoms with Gasteiger partial charge < -0.3 is 10.1 Å². The van der Waals surface area contributed by atoms with Crippen LogP contribution in [0.4, 0.5) is 13.2 Å². The highest BCUT2D eigenvalue weighted by Gasteiger charge is 2.44. The van der Waals surface area contributed by atoms with Crippen LogP contribution >= 0.6 is 0 Å². The predicted octanol–water partition coefficient (Wildman–Crippen LogP) is 4.04. The van der Waals surface area contributed by atoms with E-state index in [4.69, 9.17) is 4.74 Å². The van der Waals surface area contributed by atoms with E-state index in [9.17, 15) is 13.2 Å². The fourth-order valence-electron chi connectivity index (χ4n) is 4.59. The van der Waals surface area contributed by atoms with Gasteiger partial charge in [0.25, 0.3) is 0 Å². The molecule has 3 heterocycles. The van der Waals surface area contributed by atoms with Gasteiger partial charge in [-0.05, 0) is 37.9 Å². The molecule has 3 aliphatic heterocycles. The average Bonchev–Trinajstić information content (AvgIpc) is 2.67. The smallest absolute Gasteiger partial charge is 0.133 e. The van der Waals surface area contributed by atoms with Gasteiger partial charge in [-0.15, -0.1) is 0 Å². The van der Waals surface area contributed by atoms with Crippen LogP contribution in [0.1, 0.15) is 30.0 Å². The van der Waals surface area contributed by atoms with Gasteiger partial charge in [0, 0.05) is 35.8 Å². The number of fused-ring (bicyclic) bond motifs is 3. The molecule has 3 saturated heterocycles. The summed E-state index contributed by atoms with van der Waals surface area (Å²) >= 11 is 0. The number of piperidine rings is 3. The van der Waals surface area contributed by atoms with E-state index in [1.165, 1.54) is 0 Å².